The van der Waals surface area contributed by atoms with Crippen molar-refractivity contribution >= 4 is 34.4 Å². The molecule has 1 atom stereocenters. The van der Waals surface area contributed by atoms with Crippen LogP contribution in [0.25, 0.3) is 11.0 Å². The second-order valence-electron chi connectivity index (χ2n) is 5.51. The number of aryl methyl sites for hydroxylation is 1. The van der Waals surface area contributed by atoms with Crippen molar-refractivity contribution in [2.24, 2.45) is 0 Å². The van der Waals surface area contributed by atoms with Crippen molar-refractivity contribution in [1.82, 2.24) is 4.90 Å². The SMILES string of the molecule is Cc1c(C(=O)N2CCOC(CC(=O)O)C2)oc2c(Cl)cccc12. The Hall–Kier alpha value is -2.05. The third kappa shape index (κ3) is 3.04. The van der Waals surface area contributed by atoms with Gasteiger partial charge < -0.3 is 19.2 Å². The molecular formula is C16H16ClNO5. The maximum Gasteiger partial charge on any atom is 0.306 e. The molecule has 1 aliphatic heterocycles. The normalized spacial score (nSPS) is 18.3. The number of aliphatic carboxylic acids is 1. The fraction of sp³-hybridized carbons (Fsp3) is 0.375. The standard InChI is InChI=1S/C16H16ClNO5/c1-9-11-3-2-4-12(17)15(11)23-14(9)16(21)18-5-6-22-10(8-18)7-13(19)20/h2-4,10H,5-8H2,1H3,(H,19,20). The number of carboxylic acid groups (broad SMARTS) is 1. The van der Waals surface area contributed by atoms with Crippen LogP contribution >= 0.6 is 11.6 Å². The molecule has 1 N–H and O–H groups in total. The molecule has 3 rings (SSSR count). The van der Waals surface area contributed by atoms with Gasteiger partial charge in [0, 0.05) is 24.0 Å². The zero-order chi connectivity index (χ0) is 16.6. The molecule has 1 saturated heterocycles. The Morgan fingerprint density at radius 2 is 2.22 bits per heavy atom. The highest BCUT2D eigenvalue weighted by molar-refractivity contribution is 6.35. The molecule has 0 spiro atoms. The number of amides is 1. The summed E-state index contributed by atoms with van der Waals surface area (Å²) in [5.74, 6) is -0.978. The second-order valence-corrected chi connectivity index (χ2v) is 5.92. The molecule has 7 heteroatoms. The maximum atomic E-state index is 12.7. The molecule has 0 aliphatic carbocycles. The Balaban J connectivity index is 1.87. The van der Waals surface area contributed by atoms with E-state index in [0.717, 1.165) is 10.9 Å². The van der Waals surface area contributed by atoms with E-state index in [-0.39, 0.29) is 24.6 Å². The van der Waals surface area contributed by atoms with Crippen molar-refractivity contribution in [1.29, 1.82) is 0 Å². The number of rotatable bonds is 3. The molecule has 122 valence electrons. The molecule has 1 amide bonds. The van der Waals surface area contributed by atoms with E-state index in [9.17, 15) is 9.59 Å². The van der Waals surface area contributed by atoms with Crippen LogP contribution in [0.1, 0.15) is 22.5 Å². The van der Waals surface area contributed by atoms with E-state index in [1.54, 1.807) is 17.0 Å². The Labute approximate surface area is 137 Å². The van der Waals surface area contributed by atoms with Gasteiger partial charge in [0.25, 0.3) is 5.91 Å². The smallest absolute Gasteiger partial charge is 0.306 e. The first-order valence-electron chi connectivity index (χ1n) is 7.27. The first kappa shape index (κ1) is 15.8. The van der Waals surface area contributed by atoms with E-state index in [4.69, 9.17) is 25.9 Å². The van der Waals surface area contributed by atoms with Crippen molar-refractivity contribution < 1.29 is 23.8 Å². The summed E-state index contributed by atoms with van der Waals surface area (Å²) in [4.78, 5) is 25.1. The van der Waals surface area contributed by atoms with E-state index < -0.39 is 12.1 Å². The van der Waals surface area contributed by atoms with Crippen LogP contribution in [0.5, 0.6) is 0 Å². The zero-order valence-corrected chi connectivity index (χ0v) is 13.3. The largest absolute Gasteiger partial charge is 0.481 e. The number of ether oxygens (including phenoxy) is 1. The fourth-order valence-electron chi connectivity index (χ4n) is 2.78. The van der Waals surface area contributed by atoms with E-state index in [2.05, 4.69) is 0 Å². The van der Waals surface area contributed by atoms with Crippen molar-refractivity contribution in [2.75, 3.05) is 19.7 Å². The van der Waals surface area contributed by atoms with Gasteiger partial charge >= 0.3 is 5.97 Å². The van der Waals surface area contributed by atoms with Crippen molar-refractivity contribution in [2.45, 2.75) is 19.4 Å². The highest BCUT2D eigenvalue weighted by atomic mass is 35.5. The topological polar surface area (TPSA) is 80.0 Å². The Bertz CT molecular complexity index is 769. The van der Waals surface area contributed by atoms with Crippen molar-refractivity contribution in [3.05, 3.63) is 34.5 Å². The van der Waals surface area contributed by atoms with Crippen LogP contribution in [0.15, 0.2) is 22.6 Å². The molecule has 23 heavy (non-hydrogen) atoms. The van der Waals surface area contributed by atoms with Gasteiger partial charge in [0.2, 0.25) is 0 Å². The van der Waals surface area contributed by atoms with E-state index in [1.165, 1.54) is 0 Å². The predicted octanol–water partition coefficient (Wildman–Crippen LogP) is 2.71. The minimum Gasteiger partial charge on any atom is -0.481 e. The van der Waals surface area contributed by atoms with Gasteiger partial charge in [0.1, 0.15) is 0 Å². The summed E-state index contributed by atoms with van der Waals surface area (Å²) in [7, 11) is 0. The van der Waals surface area contributed by atoms with Gasteiger partial charge in [-0.3, -0.25) is 9.59 Å². The molecule has 6 nitrogen and oxygen atoms in total. The third-order valence-corrected chi connectivity index (χ3v) is 4.24. The van der Waals surface area contributed by atoms with Crippen LogP contribution in [-0.2, 0) is 9.53 Å². The van der Waals surface area contributed by atoms with Gasteiger partial charge in [-0.2, -0.15) is 0 Å². The summed E-state index contributed by atoms with van der Waals surface area (Å²) in [6, 6.07) is 5.36. The number of carbonyl (C=O) groups excluding carboxylic acids is 1. The highest BCUT2D eigenvalue weighted by Gasteiger charge is 2.30. The quantitative estimate of drug-likeness (QED) is 0.931. The number of nitrogens with zero attached hydrogens (tertiary/aromatic N) is 1. The maximum absolute atomic E-state index is 12.7. The lowest BCUT2D eigenvalue weighted by molar-refractivity contribution is -0.141. The number of furan rings is 1. The van der Waals surface area contributed by atoms with Crippen LogP contribution in [0.3, 0.4) is 0 Å². The molecule has 2 aromatic rings. The Kier molecular flexibility index (Phi) is 4.28. The number of halogens is 1. The number of fused-ring (bicyclic) bond motifs is 1. The summed E-state index contributed by atoms with van der Waals surface area (Å²) >= 11 is 6.11. The number of para-hydroxylation sites is 1. The minimum absolute atomic E-state index is 0.130. The van der Waals surface area contributed by atoms with Gasteiger partial charge in [-0.25, -0.2) is 0 Å². The summed E-state index contributed by atoms with van der Waals surface area (Å²) in [5, 5.41) is 10.1. The lowest BCUT2D eigenvalue weighted by Gasteiger charge is -2.31. The first-order valence-corrected chi connectivity index (χ1v) is 7.65. The Morgan fingerprint density at radius 3 is 2.91 bits per heavy atom. The number of morpholine rings is 1. The van der Waals surface area contributed by atoms with Crippen molar-refractivity contribution in [3.63, 3.8) is 0 Å². The average molecular weight is 338 g/mol. The Morgan fingerprint density at radius 1 is 1.43 bits per heavy atom. The molecule has 2 heterocycles. The lowest BCUT2D eigenvalue weighted by atomic mass is 10.1. The van der Waals surface area contributed by atoms with Crippen LogP contribution in [0.2, 0.25) is 5.02 Å². The molecular weight excluding hydrogens is 322 g/mol. The number of hydrogen-bond donors (Lipinski definition) is 1. The van der Waals surface area contributed by atoms with Gasteiger partial charge in [0.15, 0.2) is 11.3 Å². The number of carbonyl (C=O) groups is 2. The molecule has 0 bridgehead atoms. The molecule has 1 fully saturated rings. The molecule has 0 saturated carbocycles. The first-order chi connectivity index (χ1) is 11.0. The summed E-state index contributed by atoms with van der Waals surface area (Å²) in [6.45, 7) is 2.75. The van der Waals surface area contributed by atoms with Crippen LogP contribution in [-0.4, -0.2) is 47.7 Å². The molecule has 0 radical (unpaired) electrons. The average Bonchev–Trinajstić information content (AvgIpc) is 2.85. The van der Waals surface area contributed by atoms with E-state index in [0.29, 0.717) is 23.8 Å². The predicted molar refractivity (Wildman–Crippen MR) is 83.9 cm³/mol. The van der Waals surface area contributed by atoms with Gasteiger partial charge in [-0.05, 0) is 13.0 Å². The van der Waals surface area contributed by atoms with Gasteiger partial charge in [-0.15, -0.1) is 0 Å². The monoisotopic (exact) mass is 337 g/mol. The third-order valence-electron chi connectivity index (χ3n) is 3.94. The molecule has 1 aromatic carbocycles. The van der Waals surface area contributed by atoms with Crippen LogP contribution in [0, 0.1) is 6.92 Å². The summed E-state index contributed by atoms with van der Waals surface area (Å²) in [5.41, 5.74) is 1.22. The zero-order valence-electron chi connectivity index (χ0n) is 12.5. The van der Waals surface area contributed by atoms with Gasteiger partial charge in [0.05, 0.1) is 24.2 Å². The molecule has 1 aromatic heterocycles. The summed E-state index contributed by atoms with van der Waals surface area (Å²) in [6.07, 6.45) is -0.632. The highest BCUT2D eigenvalue weighted by Crippen LogP contribution is 2.31. The lowest BCUT2D eigenvalue weighted by Crippen LogP contribution is -2.46. The number of carboxylic acids is 1. The second kappa shape index (κ2) is 6.22. The van der Waals surface area contributed by atoms with Crippen molar-refractivity contribution in [3.8, 4) is 0 Å². The fourth-order valence-corrected chi connectivity index (χ4v) is 2.99. The van der Waals surface area contributed by atoms with Crippen LogP contribution in [0.4, 0.5) is 0 Å². The van der Waals surface area contributed by atoms with Gasteiger partial charge in [-0.1, -0.05) is 23.7 Å². The van der Waals surface area contributed by atoms with E-state index >= 15 is 0 Å². The van der Waals surface area contributed by atoms with E-state index in [1.807, 2.05) is 13.0 Å². The number of benzene rings is 1. The summed E-state index contributed by atoms with van der Waals surface area (Å²) < 4.78 is 11.1. The molecule has 1 unspecified atom stereocenters. The molecule has 1 aliphatic rings. The number of hydrogen-bond acceptors (Lipinski definition) is 4. The minimum atomic E-state index is -0.948. The van der Waals surface area contributed by atoms with Crippen LogP contribution < -0.4 is 0 Å².